The molecule has 0 radical (unpaired) electrons. The van der Waals surface area contributed by atoms with Crippen LogP contribution in [0.5, 0.6) is 0 Å². The largest absolute Gasteiger partial charge is 0.399 e. The predicted octanol–water partition coefficient (Wildman–Crippen LogP) is 1.18. The minimum atomic E-state index is -3.58. The molecule has 0 aromatic heterocycles. The molecule has 1 aliphatic heterocycles. The van der Waals surface area contributed by atoms with E-state index in [0.717, 1.165) is 6.42 Å². The molecule has 0 saturated carbocycles. The number of nitrogens with two attached hydrogens (primary N) is 1. The van der Waals surface area contributed by atoms with Gasteiger partial charge in [-0.05, 0) is 47.0 Å². The van der Waals surface area contributed by atoms with Crippen LogP contribution in [-0.2, 0) is 10.0 Å². The van der Waals surface area contributed by atoms with Crippen molar-refractivity contribution in [3.63, 3.8) is 0 Å². The molecule has 1 fully saturated rings. The molecule has 1 aromatic carbocycles. The second-order valence-corrected chi connectivity index (χ2v) is 7.00. The van der Waals surface area contributed by atoms with Gasteiger partial charge in [-0.25, -0.2) is 8.42 Å². The standard InChI is InChI=1S/C11H15BrN2O3S/c12-10-6-8(13)3-4-11(10)18(16,17)14-5-1-2-9(14)7-15/h3-4,6,9,15H,1-2,5,7,13H2/t9-/m1/s1. The number of aliphatic hydroxyl groups excluding tert-OH is 1. The number of nitrogen functional groups attached to an aromatic ring is 1. The molecule has 1 atom stereocenters. The van der Waals surface area contributed by atoms with E-state index in [1.807, 2.05) is 0 Å². The highest BCUT2D eigenvalue weighted by molar-refractivity contribution is 9.10. The molecule has 0 unspecified atom stereocenters. The molecular weight excluding hydrogens is 320 g/mol. The van der Waals surface area contributed by atoms with E-state index >= 15 is 0 Å². The third-order valence-corrected chi connectivity index (χ3v) is 6.00. The van der Waals surface area contributed by atoms with Crippen molar-refractivity contribution in [3.05, 3.63) is 22.7 Å². The summed E-state index contributed by atoms with van der Waals surface area (Å²) in [6.45, 7) is 0.302. The number of hydrogen-bond donors (Lipinski definition) is 2. The van der Waals surface area contributed by atoms with Gasteiger partial charge < -0.3 is 10.8 Å². The van der Waals surface area contributed by atoms with Crippen molar-refractivity contribution >= 4 is 31.6 Å². The SMILES string of the molecule is Nc1ccc(S(=O)(=O)N2CCC[C@@H]2CO)c(Br)c1. The smallest absolute Gasteiger partial charge is 0.244 e. The van der Waals surface area contributed by atoms with E-state index in [-0.39, 0.29) is 17.5 Å². The highest BCUT2D eigenvalue weighted by Crippen LogP contribution is 2.31. The second kappa shape index (κ2) is 5.16. The number of nitrogens with zero attached hydrogens (tertiary/aromatic N) is 1. The molecule has 0 amide bonds. The molecule has 7 heteroatoms. The van der Waals surface area contributed by atoms with Crippen LogP contribution in [-0.4, -0.2) is 37.0 Å². The molecule has 18 heavy (non-hydrogen) atoms. The fourth-order valence-corrected chi connectivity index (χ4v) is 4.90. The van der Waals surface area contributed by atoms with Crippen LogP contribution in [0.4, 0.5) is 5.69 Å². The summed E-state index contributed by atoms with van der Waals surface area (Å²) in [4.78, 5) is 0.192. The van der Waals surface area contributed by atoms with E-state index in [0.29, 0.717) is 23.1 Å². The molecule has 5 nitrogen and oxygen atoms in total. The molecule has 1 aliphatic rings. The molecule has 0 spiro atoms. The Bertz CT molecular complexity index is 547. The zero-order valence-electron chi connectivity index (χ0n) is 9.71. The van der Waals surface area contributed by atoms with Gasteiger partial charge in [0.1, 0.15) is 0 Å². The lowest BCUT2D eigenvalue weighted by molar-refractivity contribution is 0.213. The monoisotopic (exact) mass is 334 g/mol. The van der Waals surface area contributed by atoms with E-state index in [1.165, 1.54) is 10.4 Å². The molecule has 1 aromatic rings. The van der Waals surface area contributed by atoms with Crippen molar-refractivity contribution < 1.29 is 13.5 Å². The lowest BCUT2D eigenvalue weighted by Crippen LogP contribution is -2.37. The van der Waals surface area contributed by atoms with E-state index in [2.05, 4.69) is 15.9 Å². The van der Waals surface area contributed by atoms with E-state index in [1.54, 1.807) is 12.1 Å². The summed E-state index contributed by atoms with van der Waals surface area (Å²) in [5.41, 5.74) is 6.10. The van der Waals surface area contributed by atoms with E-state index in [4.69, 9.17) is 5.73 Å². The van der Waals surface area contributed by atoms with Crippen molar-refractivity contribution in [2.75, 3.05) is 18.9 Å². The van der Waals surface area contributed by atoms with Crippen LogP contribution in [0.25, 0.3) is 0 Å². The van der Waals surface area contributed by atoms with E-state index < -0.39 is 10.0 Å². The first-order valence-corrected chi connectivity index (χ1v) is 7.88. The molecule has 1 saturated heterocycles. The zero-order chi connectivity index (χ0) is 13.3. The van der Waals surface area contributed by atoms with Gasteiger partial charge in [-0.1, -0.05) is 0 Å². The fraction of sp³-hybridized carbons (Fsp3) is 0.455. The van der Waals surface area contributed by atoms with E-state index in [9.17, 15) is 13.5 Å². The minimum absolute atomic E-state index is 0.147. The van der Waals surface area contributed by atoms with Crippen LogP contribution >= 0.6 is 15.9 Å². The number of benzene rings is 1. The Hall–Kier alpha value is -0.630. The number of halogens is 1. The zero-order valence-corrected chi connectivity index (χ0v) is 12.1. The summed E-state index contributed by atoms with van der Waals surface area (Å²) in [5.74, 6) is 0. The van der Waals surface area contributed by atoms with Gasteiger partial charge in [0, 0.05) is 22.7 Å². The molecule has 2 rings (SSSR count). The third kappa shape index (κ3) is 2.40. The van der Waals surface area contributed by atoms with Crippen molar-refractivity contribution in [1.82, 2.24) is 4.31 Å². The third-order valence-electron chi connectivity index (χ3n) is 3.08. The van der Waals surface area contributed by atoms with Gasteiger partial charge in [0.25, 0.3) is 0 Å². The summed E-state index contributed by atoms with van der Waals surface area (Å²) in [6, 6.07) is 4.29. The number of rotatable bonds is 3. The van der Waals surface area contributed by atoms with Crippen LogP contribution in [0.15, 0.2) is 27.6 Å². The lowest BCUT2D eigenvalue weighted by Gasteiger charge is -2.23. The normalized spacial score (nSPS) is 21.3. The summed E-state index contributed by atoms with van der Waals surface area (Å²) in [7, 11) is -3.58. The summed E-state index contributed by atoms with van der Waals surface area (Å²) >= 11 is 3.22. The van der Waals surface area contributed by atoms with Gasteiger partial charge in [0.15, 0.2) is 0 Å². The Morgan fingerprint density at radius 1 is 1.50 bits per heavy atom. The minimum Gasteiger partial charge on any atom is -0.399 e. The summed E-state index contributed by atoms with van der Waals surface area (Å²) in [6.07, 6.45) is 1.47. The predicted molar refractivity (Wildman–Crippen MR) is 72.6 cm³/mol. The number of sulfonamides is 1. The maximum atomic E-state index is 12.5. The molecular formula is C11H15BrN2O3S. The number of anilines is 1. The topological polar surface area (TPSA) is 83.6 Å². The molecule has 0 bridgehead atoms. The Labute approximate surface area is 115 Å². The van der Waals surface area contributed by atoms with Crippen molar-refractivity contribution in [2.45, 2.75) is 23.8 Å². The first kappa shape index (κ1) is 13.8. The first-order chi connectivity index (χ1) is 8.46. The Morgan fingerprint density at radius 2 is 2.22 bits per heavy atom. The van der Waals surface area contributed by atoms with Crippen molar-refractivity contribution in [2.24, 2.45) is 0 Å². The second-order valence-electron chi connectivity index (χ2n) is 4.28. The van der Waals surface area contributed by atoms with Crippen LogP contribution in [0.2, 0.25) is 0 Å². The highest BCUT2D eigenvalue weighted by atomic mass is 79.9. The van der Waals surface area contributed by atoms with Crippen LogP contribution in [0.1, 0.15) is 12.8 Å². The number of hydrogen-bond acceptors (Lipinski definition) is 4. The maximum Gasteiger partial charge on any atom is 0.244 e. The Kier molecular flexibility index (Phi) is 3.96. The van der Waals surface area contributed by atoms with Crippen LogP contribution in [0, 0.1) is 0 Å². The molecule has 0 aliphatic carbocycles. The fourth-order valence-electron chi connectivity index (χ4n) is 2.16. The van der Waals surface area contributed by atoms with Crippen molar-refractivity contribution in [1.29, 1.82) is 0 Å². The number of aliphatic hydroxyl groups is 1. The molecule has 100 valence electrons. The van der Waals surface area contributed by atoms with Gasteiger partial charge in [0.2, 0.25) is 10.0 Å². The quantitative estimate of drug-likeness (QED) is 0.813. The average Bonchev–Trinajstić information content (AvgIpc) is 2.76. The van der Waals surface area contributed by atoms with Crippen LogP contribution in [0.3, 0.4) is 0 Å². The summed E-state index contributed by atoms with van der Waals surface area (Å²) in [5, 5.41) is 9.22. The van der Waals surface area contributed by atoms with Gasteiger partial charge in [0.05, 0.1) is 11.5 Å². The van der Waals surface area contributed by atoms with Crippen LogP contribution < -0.4 is 5.73 Å². The van der Waals surface area contributed by atoms with Crippen molar-refractivity contribution in [3.8, 4) is 0 Å². The molecule has 3 N–H and O–H groups in total. The Balaban J connectivity index is 2.42. The lowest BCUT2D eigenvalue weighted by atomic mass is 10.2. The van der Waals surface area contributed by atoms with Gasteiger partial charge in [-0.15, -0.1) is 0 Å². The average molecular weight is 335 g/mol. The van der Waals surface area contributed by atoms with Gasteiger partial charge >= 0.3 is 0 Å². The highest BCUT2D eigenvalue weighted by Gasteiger charge is 2.35. The summed E-state index contributed by atoms with van der Waals surface area (Å²) < 4.78 is 26.8. The van der Waals surface area contributed by atoms with Gasteiger partial charge in [-0.3, -0.25) is 0 Å². The maximum absolute atomic E-state index is 12.5. The van der Waals surface area contributed by atoms with Gasteiger partial charge in [-0.2, -0.15) is 4.31 Å². The molecule has 1 heterocycles. The first-order valence-electron chi connectivity index (χ1n) is 5.64. The Morgan fingerprint density at radius 3 is 2.83 bits per heavy atom.